The molecule has 1 N–H and O–H groups in total. The Morgan fingerprint density at radius 1 is 1.12 bits per heavy atom. The molecule has 5 aliphatic rings. The van der Waals surface area contributed by atoms with Crippen molar-refractivity contribution in [2.45, 2.75) is 121 Å². The first kappa shape index (κ1) is 29.2. The van der Waals surface area contributed by atoms with E-state index in [2.05, 4.69) is 54.0 Å². The number of phenolic OH excluding ortho intramolecular Hbond substituents is 1. The highest BCUT2D eigenvalue weighted by atomic mass is 16.6. The van der Waals surface area contributed by atoms with Crippen LogP contribution in [0.2, 0.25) is 0 Å². The van der Waals surface area contributed by atoms with Crippen molar-refractivity contribution < 1.29 is 19.4 Å². The minimum absolute atomic E-state index is 0.0162. The van der Waals surface area contributed by atoms with Gasteiger partial charge in [-0.2, -0.15) is 0 Å². The van der Waals surface area contributed by atoms with Crippen molar-refractivity contribution >= 4 is 5.97 Å². The van der Waals surface area contributed by atoms with Crippen LogP contribution in [0, 0.1) is 11.8 Å². The molecule has 1 spiro atoms. The molecular formula is C37H50N2O4. The summed E-state index contributed by atoms with van der Waals surface area (Å²) in [6, 6.07) is 13.7. The zero-order valence-corrected chi connectivity index (χ0v) is 26.4. The fraction of sp³-hybridized carbons (Fsp3) is 0.649. The van der Waals surface area contributed by atoms with Crippen LogP contribution in [0.25, 0.3) is 0 Å². The third kappa shape index (κ3) is 5.27. The van der Waals surface area contributed by atoms with Gasteiger partial charge in [-0.3, -0.25) is 14.6 Å². The molecule has 232 valence electrons. The zero-order valence-electron chi connectivity index (χ0n) is 26.4. The van der Waals surface area contributed by atoms with Crippen LogP contribution < -0.4 is 9.47 Å². The number of benzene rings is 2. The number of rotatable bonds is 12. The SMILES string of the molecule is CC(=O)Oc1cc(O)c2c3c1O[C@H]1[C@@H](N(CCCCCCc4ccccc4)C(C)C)CC[C@H]4[C@@H](C2)N(CC2CC2)CC[C@@]341. The number of unbranched alkanes of at least 4 members (excludes halogenated alkanes) is 3. The minimum atomic E-state index is -0.372. The lowest BCUT2D eigenvalue weighted by Crippen LogP contribution is -2.69. The van der Waals surface area contributed by atoms with Gasteiger partial charge in [0, 0.05) is 54.2 Å². The van der Waals surface area contributed by atoms with E-state index >= 15 is 0 Å². The lowest BCUT2D eigenvalue weighted by atomic mass is 9.50. The predicted octanol–water partition coefficient (Wildman–Crippen LogP) is 6.65. The molecule has 0 amide bonds. The van der Waals surface area contributed by atoms with Gasteiger partial charge in [-0.15, -0.1) is 0 Å². The smallest absolute Gasteiger partial charge is 0.308 e. The molecular weight excluding hydrogens is 536 g/mol. The summed E-state index contributed by atoms with van der Waals surface area (Å²) in [5.74, 6) is 2.40. The Labute approximate surface area is 257 Å². The second-order valence-electron chi connectivity index (χ2n) is 14.4. The number of aryl methyl sites for hydroxylation is 1. The van der Waals surface area contributed by atoms with E-state index in [1.807, 2.05) is 0 Å². The number of piperidine rings is 1. The first-order valence-electron chi connectivity index (χ1n) is 17.1. The molecule has 2 aromatic carbocycles. The molecule has 2 saturated carbocycles. The van der Waals surface area contributed by atoms with Gasteiger partial charge in [0.15, 0.2) is 11.5 Å². The number of esters is 1. The number of nitrogens with zero attached hydrogens (tertiary/aromatic N) is 2. The van der Waals surface area contributed by atoms with Crippen molar-refractivity contribution in [1.29, 1.82) is 0 Å². The number of likely N-dealkylation sites (tertiary alicyclic amines) is 1. The highest BCUT2D eigenvalue weighted by molar-refractivity contribution is 5.73. The van der Waals surface area contributed by atoms with E-state index in [4.69, 9.17) is 9.47 Å². The maximum atomic E-state index is 12.1. The summed E-state index contributed by atoms with van der Waals surface area (Å²) in [5.41, 5.74) is 3.53. The van der Waals surface area contributed by atoms with Crippen molar-refractivity contribution in [3.8, 4) is 17.2 Å². The van der Waals surface area contributed by atoms with E-state index in [1.54, 1.807) is 6.07 Å². The van der Waals surface area contributed by atoms with E-state index in [0.29, 0.717) is 29.8 Å². The van der Waals surface area contributed by atoms with Crippen molar-refractivity contribution in [3.63, 3.8) is 0 Å². The highest BCUT2D eigenvalue weighted by Crippen LogP contribution is 2.66. The normalized spacial score (nSPS) is 29.0. The summed E-state index contributed by atoms with van der Waals surface area (Å²) in [5, 5.41) is 11.4. The molecule has 6 heteroatoms. The Morgan fingerprint density at radius 3 is 2.65 bits per heavy atom. The molecule has 43 heavy (non-hydrogen) atoms. The molecule has 2 heterocycles. The van der Waals surface area contributed by atoms with E-state index in [9.17, 15) is 9.90 Å². The third-order valence-electron chi connectivity index (χ3n) is 11.5. The lowest BCUT2D eigenvalue weighted by Gasteiger charge is -2.61. The number of hydrogen-bond acceptors (Lipinski definition) is 6. The molecule has 3 aliphatic carbocycles. The molecule has 2 aliphatic heterocycles. The second-order valence-corrected chi connectivity index (χ2v) is 14.4. The quantitative estimate of drug-likeness (QED) is 0.171. The Bertz CT molecular complexity index is 1320. The molecule has 5 atom stereocenters. The largest absolute Gasteiger partial charge is 0.508 e. The summed E-state index contributed by atoms with van der Waals surface area (Å²) in [7, 11) is 0. The van der Waals surface area contributed by atoms with E-state index in [-0.39, 0.29) is 23.2 Å². The van der Waals surface area contributed by atoms with Crippen molar-refractivity contribution in [3.05, 3.63) is 53.1 Å². The summed E-state index contributed by atoms with van der Waals surface area (Å²) in [6.07, 6.45) is 13.1. The number of phenols is 1. The van der Waals surface area contributed by atoms with Crippen LogP contribution in [0.5, 0.6) is 17.2 Å². The van der Waals surface area contributed by atoms with Gasteiger partial charge in [0.05, 0.1) is 0 Å². The molecule has 0 radical (unpaired) electrons. The van der Waals surface area contributed by atoms with Crippen molar-refractivity contribution in [2.75, 3.05) is 19.6 Å². The fourth-order valence-electron chi connectivity index (χ4n) is 9.51. The second kappa shape index (κ2) is 11.7. The molecule has 1 saturated heterocycles. The molecule has 0 aromatic heterocycles. The highest BCUT2D eigenvalue weighted by Gasteiger charge is 2.67. The van der Waals surface area contributed by atoms with Crippen LogP contribution in [0.15, 0.2) is 36.4 Å². The maximum absolute atomic E-state index is 12.1. The number of aromatic hydroxyl groups is 1. The van der Waals surface area contributed by atoms with Crippen molar-refractivity contribution in [1.82, 2.24) is 9.80 Å². The average Bonchev–Trinajstić information content (AvgIpc) is 3.74. The number of ether oxygens (including phenoxy) is 2. The Hall–Kier alpha value is -2.57. The number of hydrogen-bond donors (Lipinski definition) is 1. The number of carbonyl (C=O) groups excluding carboxylic acids is 1. The first-order chi connectivity index (χ1) is 20.9. The Morgan fingerprint density at radius 2 is 1.91 bits per heavy atom. The standard InChI is InChI=1S/C37H50N2O4/c1-24(2)39(19-10-5-4-7-11-26-12-8-6-9-13-26)30-17-16-29-31-21-28-32(41)22-33(42-25(3)40)35-34(28)37(29,36(30)43-35)18-20-38(31)23-27-14-15-27/h6,8-9,12-13,22,24,27,29-31,36,41H,4-5,7,10-11,14-21,23H2,1-3H3/t29-,30-,31+,36-,37-/m0/s1. The van der Waals surface area contributed by atoms with Gasteiger partial charge in [-0.25, -0.2) is 0 Å². The molecule has 2 aromatic rings. The fourth-order valence-corrected chi connectivity index (χ4v) is 9.51. The van der Waals surface area contributed by atoms with Gasteiger partial charge in [0.2, 0.25) is 0 Å². The summed E-state index contributed by atoms with van der Waals surface area (Å²) < 4.78 is 12.8. The maximum Gasteiger partial charge on any atom is 0.308 e. The van der Waals surface area contributed by atoms with Crippen LogP contribution >= 0.6 is 0 Å². The monoisotopic (exact) mass is 586 g/mol. The average molecular weight is 587 g/mol. The molecule has 0 unspecified atom stereocenters. The van der Waals surface area contributed by atoms with Crippen LogP contribution in [0.4, 0.5) is 0 Å². The first-order valence-corrected chi connectivity index (χ1v) is 17.1. The summed E-state index contributed by atoms with van der Waals surface area (Å²) >= 11 is 0. The summed E-state index contributed by atoms with van der Waals surface area (Å²) in [4.78, 5) is 17.6. The zero-order chi connectivity index (χ0) is 29.7. The third-order valence-corrected chi connectivity index (χ3v) is 11.5. The van der Waals surface area contributed by atoms with Gasteiger partial charge in [0.1, 0.15) is 11.9 Å². The van der Waals surface area contributed by atoms with Crippen LogP contribution in [-0.2, 0) is 23.1 Å². The predicted molar refractivity (Wildman–Crippen MR) is 169 cm³/mol. The molecule has 6 nitrogen and oxygen atoms in total. The van der Waals surface area contributed by atoms with Crippen molar-refractivity contribution in [2.24, 2.45) is 11.8 Å². The van der Waals surface area contributed by atoms with Gasteiger partial charge < -0.3 is 14.6 Å². The van der Waals surface area contributed by atoms with Gasteiger partial charge >= 0.3 is 5.97 Å². The summed E-state index contributed by atoms with van der Waals surface area (Å²) in [6.45, 7) is 9.47. The Balaban J connectivity index is 1.14. The van der Waals surface area contributed by atoms with E-state index in [1.165, 1.54) is 69.5 Å². The van der Waals surface area contributed by atoms with Gasteiger partial charge in [-0.05, 0) is 102 Å². The van der Waals surface area contributed by atoms with Crippen LogP contribution in [-0.4, -0.2) is 64.7 Å². The minimum Gasteiger partial charge on any atom is -0.508 e. The topological polar surface area (TPSA) is 62.2 Å². The van der Waals surface area contributed by atoms with E-state index < -0.39 is 0 Å². The Kier molecular flexibility index (Phi) is 7.96. The molecule has 7 rings (SSSR count). The lowest BCUT2D eigenvalue weighted by molar-refractivity contribution is -0.132. The van der Waals surface area contributed by atoms with Crippen LogP contribution in [0.1, 0.15) is 95.2 Å². The number of carbonyl (C=O) groups is 1. The van der Waals surface area contributed by atoms with Crippen LogP contribution in [0.3, 0.4) is 0 Å². The van der Waals surface area contributed by atoms with E-state index in [0.717, 1.165) is 56.0 Å². The van der Waals surface area contributed by atoms with Gasteiger partial charge in [-0.1, -0.05) is 43.2 Å². The molecule has 2 bridgehead atoms. The van der Waals surface area contributed by atoms with Gasteiger partial charge in [0.25, 0.3) is 0 Å². The molecule has 3 fully saturated rings.